The van der Waals surface area contributed by atoms with Gasteiger partial charge in [0.2, 0.25) is 0 Å². The molecule has 0 aliphatic heterocycles. The molecule has 0 amide bonds. The van der Waals surface area contributed by atoms with E-state index >= 15 is 0 Å². The summed E-state index contributed by atoms with van der Waals surface area (Å²) < 4.78 is 0.992. The molecule has 3 heteroatoms. The number of rotatable bonds is 3. The quantitative estimate of drug-likeness (QED) is 0.613. The van der Waals surface area contributed by atoms with E-state index in [-0.39, 0.29) is 10.6 Å². The van der Waals surface area contributed by atoms with Gasteiger partial charge in [0.1, 0.15) is 0 Å². The number of Topliss-reactive ketones (excluding diaryl/α,β-unsaturated/α-hetero) is 1. The fourth-order valence-corrected chi connectivity index (χ4v) is 1.51. The van der Waals surface area contributed by atoms with Gasteiger partial charge in [-0.05, 0) is 18.6 Å². The van der Waals surface area contributed by atoms with E-state index in [1.165, 1.54) is 0 Å². The lowest BCUT2D eigenvalue weighted by Gasteiger charge is -2.05. The molecule has 1 rings (SSSR count). The Morgan fingerprint density at radius 3 is 2.38 bits per heavy atom. The highest BCUT2D eigenvalue weighted by Gasteiger charge is 2.13. The van der Waals surface area contributed by atoms with Gasteiger partial charge < -0.3 is 0 Å². The summed E-state index contributed by atoms with van der Waals surface area (Å²) in [4.78, 5) is 11.6. The maximum atomic E-state index is 11.6. The van der Waals surface area contributed by atoms with Gasteiger partial charge in [0.15, 0.2) is 5.78 Å². The van der Waals surface area contributed by atoms with Crippen molar-refractivity contribution in [3.63, 3.8) is 0 Å². The highest BCUT2D eigenvalue weighted by atomic mass is 79.9. The third kappa shape index (κ3) is 2.92. The monoisotopic (exact) mass is 304 g/mol. The maximum absolute atomic E-state index is 11.6. The van der Waals surface area contributed by atoms with Crippen LogP contribution in [0.5, 0.6) is 0 Å². The molecule has 0 fully saturated rings. The van der Waals surface area contributed by atoms with E-state index < -0.39 is 0 Å². The molecule has 1 aromatic rings. The number of hydrogen-bond acceptors (Lipinski definition) is 1. The van der Waals surface area contributed by atoms with Crippen LogP contribution in [0, 0.1) is 0 Å². The van der Waals surface area contributed by atoms with Crippen molar-refractivity contribution in [3.05, 3.63) is 34.3 Å². The Hall–Kier alpha value is -0.150. The Morgan fingerprint density at radius 1 is 1.38 bits per heavy atom. The third-order valence-corrected chi connectivity index (χ3v) is 3.36. The molecule has 1 atom stereocenters. The second-order valence-corrected chi connectivity index (χ2v) is 4.77. The van der Waals surface area contributed by atoms with E-state index in [9.17, 15) is 4.79 Å². The van der Waals surface area contributed by atoms with Crippen LogP contribution in [-0.2, 0) is 0 Å². The fraction of sp³-hybridized carbons (Fsp3) is 0.300. The second kappa shape index (κ2) is 4.91. The molecule has 0 saturated carbocycles. The van der Waals surface area contributed by atoms with Crippen molar-refractivity contribution in [2.75, 3.05) is 0 Å². The van der Waals surface area contributed by atoms with Crippen LogP contribution in [0.25, 0.3) is 0 Å². The van der Waals surface area contributed by atoms with Gasteiger partial charge in [-0.15, -0.1) is 0 Å². The van der Waals surface area contributed by atoms with E-state index in [0.717, 1.165) is 16.5 Å². The molecule has 0 spiro atoms. The van der Waals surface area contributed by atoms with Crippen molar-refractivity contribution >= 4 is 37.6 Å². The predicted molar refractivity (Wildman–Crippen MR) is 61.5 cm³/mol. The molecule has 1 nitrogen and oxygen atoms in total. The summed E-state index contributed by atoms with van der Waals surface area (Å²) in [6, 6.07) is 7.41. The van der Waals surface area contributed by atoms with E-state index in [4.69, 9.17) is 0 Å². The zero-order chi connectivity index (χ0) is 9.84. The van der Waals surface area contributed by atoms with Crippen LogP contribution in [0.1, 0.15) is 23.7 Å². The van der Waals surface area contributed by atoms with E-state index in [1.54, 1.807) is 0 Å². The summed E-state index contributed by atoms with van der Waals surface area (Å²) in [6.45, 7) is 1.98. The number of benzene rings is 1. The van der Waals surface area contributed by atoms with Gasteiger partial charge in [0, 0.05) is 10.0 Å². The van der Waals surface area contributed by atoms with Gasteiger partial charge in [-0.3, -0.25) is 4.79 Å². The van der Waals surface area contributed by atoms with Crippen LogP contribution < -0.4 is 0 Å². The van der Waals surface area contributed by atoms with Crippen molar-refractivity contribution in [2.24, 2.45) is 0 Å². The summed E-state index contributed by atoms with van der Waals surface area (Å²) >= 11 is 6.66. The lowest BCUT2D eigenvalue weighted by Crippen LogP contribution is -2.12. The Morgan fingerprint density at radius 2 is 1.92 bits per heavy atom. The number of carbonyl (C=O) groups is 1. The normalized spacial score (nSPS) is 12.5. The Balaban J connectivity index is 2.83. The standard InChI is InChI=1S/C10H10Br2O/c1-2-9(12)10(13)7-3-5-8(11)6-4-7/h3-6,9H,2H2,1H3. The third-order valence-electron chi connectivity index (χ3n) is 1.77. The SMILES string of the molecule is CCC(Br)C(=O)c1ccc(Br)cc1. The van der Waals surface area contributed by atoms with Crippen molar-refractivity contribution < 1.29 is 4.79 Å². The van der Waals surface area contributed by atoms with Crippen molar-refractivity contribution in [1.82, 2.24) is 0 Å². The van der Waals surface area contributed by atoms with Crippen LogP contribution in [-0.4, -0.2) is 10.6 Å². The average molecular weight is 306 g/mol. The zero-order valence-electron chi connectivity index (χ0n) is 7.26. The van der Waals surface area contributed by atoms with Gasteiger partial charge in [-0.1, -0.05) is 50.9 Å². The molecule has 13 heavy (non-hydrogen) atoms. The van der Waals surface area contributed by atoms with Crippen molar-refractivity contribution in [2.45, 2.75) is 18.2 Å². The highest BCUT2D eigenvalue weighted by Crippen LogP contribution is 2.16. The van der Waals surface area contributed by atoms with Crippen LogP contribution in [0.3, 0.4) is 0 Å². The molecule has 0 radical (unpaired) electrons. The molecule has 0 aliphatic carbocycles. The largest absolute Gasteiger partial charge is 0.293 e. The number of halogens is 2. The minimum atomic E-state index is -0.0614. The highest BCUT2D eigenvalue weighted by molar-refractivity contribution is 9.10. The van der Waals surface area contributed by atoms with Crippen LogP contribution in [0.15, 0.2) is 28.7 Å². The summed E-state index contributed by atoms with van der Waals surface area (Å²) in [6.07, 6.45) is 0.814. The van der Waals surface area contributed by atoms with Crippen LogP contribution in [0.4, 0.5) is 0 Å². The van der Waals surface area contributed by atoms with Crippen molar-refractivity contribution in [1.29, 1.82) is 0 Å². The summed E-state index contributed by atoms with van der Waals surface area (Å²) in [5.41, 5.74) is 0.756. The first-order chi connectivity index (χ1) is 6.15. The number of hydrogen-bond donors (Lipinski definition) is 0. The molecular formula is C10H10Br2O. The van der Waals surface area contributed by atoms with Gasteiger partial charge in [-0.2, -0.15) is 0 Å². The molecule has 1 aromatic carbocycles. The molecule has 1 unspecified atom stereocenters. The second-order valence-electron chi connectivity index (χ2n) is 2.75. The Bertz CT molecular complexity index is 292. The van der Waals surface area contributed by atoms with Gasteiger partial charge >= 0.3 is 0 Å². The van der Waals surface area contributed by atoms with E-state index in [1.807, 2.05) is 31.2 Å². The maximum Gasteiger partial charge on any atom is 0.176 e. The first-order valence-electron chi connectivity index (χ1n) is 4.09. The fourth-order valence-electron chi connectivity index (χ4n) is 0.980. The molecule has 0 heterocycles. The first-order valence-corrected chi connectivity index (χ1v) is 5.80. The number of alkyl halides is 1. The van der Waals surface area contributed by atoms with E-state index in [2.05, 4.69) is 31.9 Å². The minimum Gasteiger partial charge on any atom is -0.293 e. The van der Waals surface area contributed by atoms with Crippen molar-refractivity contribution in [3.8, 4) is 0 Å². The van der Waals surface area contributed by atoms with Crippen LogP contribution in [0.2, 0.25) is 0 Å². The summed E-state index contributed by atoms with van der Waals surface area (Å²) in [7, 11) is 0. The molecule has 0 saturated heterocycles. The lowest BCUT2D eigenvalue weighted by molar-refractivity contribution is 0.0990. The summed E-state index contributed by atoms with van der Waals surface area (Å²) in [5, 5.41) is 0. The molecule has 0 N–H and O–H groups in total. The topological polar surface area (TPSA) is 17.1 Å². The first kappa shape index (κ1) is 10.9. The number of ketones is 1. The molecule has 70 valence electrons. The van der Waals surface area contributed by atoms with Gasteiger partial charge in [0.05, 0.1) is 4.83 Å². The zero-order valence-corrected chi connectivity index (χ0v) is 10.4. The van der Waals surface area contributed by atoms with Gasteiger partial charge in [-0.25, -0.2) is 0 Å². The van der Waals surface area contributed by atoms with Gasteiger partial charge in [0.25, 0.3) is 0 Å². The average Bonchev–Trinajstić information content (AvgIpc) is 2.17. The molecule has 0 aromatic heterocycles. The smallest absolute Gasteiger partial charge is 0.176 e. The Labute approximate surface area is 94.8 Å². The summed E-state index contributed by atoms with van der Waals surface area (Å²) in [5.74, 6) is 0.148. The van der Waals surface area contributed by atoms with Crippen LogP contribution >= 0.6 is 31.9 Å². The number of carbonyl (C=O) groups excluding carboxylic acids is 1. The molecule has 0 bridgehead atoms. The Kier molecular flexibility index (Phi) is 4.13. The minimum absolute atomic E-state index is 0.0614. The molecule has 0 aliphatic rings. The molecular weight excluding hydrogens is 296 g/mol. The van der Waals surface area contributed by atoms with E-state index in [0.29, 0.717) is 0 Å². The predicted octanol–water partition coefficient (Wildman–Crippen LogP) is 3.81. The lowest BCUT2D eigenvalue weighted by atomic mass is 10.1.